The Morgan fingerprint density at radius 1 is 1.57 bits per heavy atom. The van der Waals surface area contributed by atoms with Gasteiger partial charge < -0.3 is 14.5 Å². The van der Waals surface area contributed by atoms with Crippen molar-refractivity contribution in [3.8, 4) is 0 Å². The van der Waals surface area contributed by atoms with Gasteiger partial charge in [0.05, 0.1) is 17.6 Å². The fourth-order valence-corrected chi connectivity index (χ4v) is 3.22. The summed E-state index contributed by atoms with van der Waals surface area (Å²) in [5.74, 6) is 0.590. The molecule has 0 aromatic heterocycles. The molecule has 0 spiro atoms. The number of ether oxygens (including phenoxy) is 1. The summed E-state index contributed by atoms with van der Waals surface area (Å²) in [6.07, 6.45) is 4.42. The van der Waals surface area contributed by atoms with Crippen molar-refractivity contribution < 1.29 is 9.66 Å². The third kappa shape index (κ3) is 6.23. The van der Waals surface area contributed by atoms with Crippen molar-refractivity contribution in [2.45, 2.75) is 32.4 Å². The van der Waals surface area contributed by atoms with Gasteiger partial charge in [0.25, 0.3) is 6.20 Å². The highest BCUT2D eigenvalue weighted by Gasteiger charge is 2.25. The number of thioether (sulfide) groups is 1. The van der Waals surface area contributed by atoms with Crippen LogP contribution in [0.1, 0.15) is 20.3 Å². The summed E-state index contributed by atoms with van der Waals surface area (Å²) in [6, 6.07) is 0.327. The Bertz CT molecular complexity index is 378. The Morgan fingerprint density at radius 2 is 2.24 bits per heavy atom. The lowest BCUT2D eigenvalue weighted by Crippen LogP contribution is -2.40. The lowest BCUT2D eigenvalue weighted by Gasteiger charge is -2.31. The molecule has 3 unspecified atom stereocenters. The molecule has 0 saturated carbocycles. The molecule has 0 aliphatic carbocycles. The maximum atomic E-state index is 10.6. The smallest absolute Gasteiger partial charge is 0.264 e. The molecule has 0 radical (unpaired) electrons. The first kappa shape index (κ1) is 18.3. The zero-order chi connectivity index (χ0) is 16.0. The number of rotatable bonds is 8. The zero-order valence-electron chi connectivity index (χ0n) is 13.6. The van der Waals surface area contributed by atoms with E-state index in [2.05, 4.69) is 25.8 Å². The topological polar surface area (TPSA) is 58.9 Å². The molecule has 122 valence electrons. The molecule has 1 saturated heterocycles. The standard InChI is InChI=1S/C14H27N3O3S/c1-11(7-16(4)14(21-5)9-17(18)19)15(3)8-13-6-12(2)20-10-13/h9,11-13H,6-8,10H2,1-5H3. The van der Waals surface area contributed by atoms with Crippen molar-refractivity contribution in [2.24, 2.45) is 5.92 Å². The summed E-state index contributed by atoms with van der Waals surface area (Å²) in [6.45, 7) is 6.88. The molecule has 0 N–H and O–H groups in total. The van der Waals surface area contributed by atoms with Crippen molar-refractivity contribution in [3.05, 3.63) is 21.3 Å². The first-order valence-electron chi connectivity index (χ1n) is 7.25. The molecular weight excluding hydrogens is 290 g/mol. The molecule has 21 heavy (non-hydrogen) atoms. The van der Waals surface area contributed by atoms with Crippen LogP contribution in [0.4, 0.5) is 0 Å². The van der Waals surface area contributed by atoms with Gasteiger partial charge in [0.2, 0.25) is 0 Å². The minimum atomic E-state index is -0.395. The van der Waals surface area contributed by atoms with Gasteiger partial charge in [-0.25, -0.2) is 0 Å². The molecule has 1 aliphatic rings. The van der Waals surface area contributed by atoms with E-state index in [1.54, 1.807) is 0 Å². The van der Waals surface area contributed by atoms with Crippen molar-refractivity contribution in [1.82, 2.24) is 9.80 Å². The van der Waals surface area contributed by atoms with Crippen molar-refractivity contribution in [1.29, 1.82) is 0 Å². The maximum Gasteiger partial charge on any atom is 0.264 e. The molecule has 0 aromatic rings. The fraction of sp³-hybridized carbons (Fsp3) is 0.857. The molecule has 7 heteroatoms. The van der Waals surface area contributed by atoms with E-state index in [9.17, 15) is 10.1 Å². The van der Waals surface area contributed by atoms with E-state index in [0.29, 0.717) is 23.1 Å². The van der Waals surface area contributed by atoms with E-state index < -0.39 is 4.92 Å². The summed E-state index contributed by atoms with van der Waals surface area (Å²) < 4.78 is 5.60. The van der Waals surface area contributed by atoms with Crippen LogP contribution in [0.3, 0.4) is 0 Å². The summed E-state index contributed by atoms with van der Waals surface area (Å²) >= 11 is 1.40. The lowest BCUT2D eigenvalue weighted by molar-refractivity contribution is -0.403. The van der Waals surface area contributed by atoms with Gasteiger partial charge in [-0.15, -0.1) is 11.8 Å². The highest BCUT2D eigenvalue weighted by molar-refractivity contribution is 8.02. The molecule has 0 bridgehead atoms. The number of nitrogens with zero attached hydrogens (tertiary/aromatic N) is 3. The van der Waals surface area contributed by atoms with Gasteiger partial charge in [-0.2, -0.15) is 0 Å². The maximum absolute atomic E-state index is 10.6. The second kappa shape index (κ2) is 8.60. The van der Waals surface area contributed by atoms with Gasteiger partial charge in [-0.05, 0) is 39.5 Å². The van der Waals surface area contributed by atoms with Gasteiger partial charge in [0.15, 0.2) is 0 Å². The third-order valence-electron chi connectivity index (χ3n) is 3.92. The Labute approximate surface area is 131 Å². The Balaban J connectivity index is 2.47. The molecular formula is C14H27N3O3S. The molecule has 0 amide bonds. The number of hydrogen-bond acceptors (Lipinski definition) is 6. The monoisotopic (exact) mass is 317 g/mol. The first-order chi connectivity index (χ1) is 9.83. The Morgan fingerprint density at radius 3 is 2.71 bits per heavy atom. The number of nitro groups is 1. The van der Waals surface area contributed by atoms with Crippen LogP contribution in [0.25, 0.3) is 0 Å². The van der Waals surface area contributed by atoms with E-state index in [4.69, 9.17) is 4.74 Å². The van der Waals surface area contributed by atoms with Crippen LogP contribution in [0.15, 0.2) is 11.2 Å². The number of hydrogen-bond donors (Lipinski definition) is 0. The van der Waals surface area contributed by atoms with Gasteiger partial charge in [0, 0.05) is 26.2 Å². The average molecular weight is 317 g/mol. The predicted molar refractivity (Wildman–Crippen MR) is 86.8 cm³/mol. The number of likely N-dealkylation sites (N-methyl/N-ethyl adjacent to an activating group) is 2. The SMILES string of the molecule is CSC(=C[N+](=O)[O-])N(C)CC(C)N(C)CC1COC(C)C1. The van der Waals surface area contributed by atoms with Crippen molar-refractivity contribution in [2.75, 3.05) is 40.0 Å². The molecule has 1 heterocycles. The molecule has 3 atom stereocenters. The van der Waals surface area contributed by atoms with E-state index in [0.717, 1.165) is 32.3 Å². The van der Waals surface area contributed by atoms with Gasteiger partial charge >= 0.3 is 0 Å². The van der Waals surface area contributed by atoms with Crippen LogP contribution < -0.4 is 0 Å². The summed E-state index contributed by atoms with van der Waals surface area (Å²) in [5.41, 5.74) is 0. The lowest BCUT2D eigenvalue weighted by atomic mass is 10.1. The minimum Gasteiger partial charge on any atom is -0.378 e. The highest BCUT2D eigenvalue weighted by Crippen LogP contribution is 2.21. The Kier molecular flexibility index (Phi) is 7.48. The van der Waals surface area contributed by atoms with Gasteiger partial charge in [0.1, 0.15) is 5.03 Å². The van der Waals surface area contributed by atoms with E-state index in [-0.39, 0.29) is 0 Å². The van der Waals surface area contributed by atoms with E-state index in [1.165, 1.54) is 11.8 Å². The van der Waals surface area contributed by atoms with E-state index >= 15 is 0 Å². The molecule has 0 aromatic carbocycles. The summed E-state index contributed by atoms with van der Waals surface area (Å²) in [4.78, 5) is 14.5. The zero-order valence-corrected chi connectivity index (χ0v) is 14.4. The summed E-state index contributed by atoms with van der Waals surface area (Å²) in [5, 5.41) is 11.3. The van der Waals surface area contributed by atoms with Crippen molar-refractivity contribution in [3.63, 3.8) is 0 Å². The van der Waals surface area contributed by atoms with Gasteiger partial charge in [-0.1, -0.05) is 0 Å². The largest absolute Gasteiger partial charge is 0.378 e. The van der Waals surface area contributed by atoms with Crippen LogP contribution in [0.5, 0.6) is 0 Å². The first-order valence-corrected chi connectivity index (χ1v) is 8.48. The van der Waals surface area contributed by atoms with Crippen molar-refractivity contribution >= 4 is 11.8 Å². The quantitative estimate of drug-likeness (QED) is 0.505. The predicted octanol–water partition coefficient (Wildman–Crippen LogP) is 2.10. The summed E-state index contributed by atoms with van der Waals surface area (Å²) in [7, 11) is 4.01. The van der Waals surface area contributed by atoms with Crippen LogP contribution in [0, 0.1) is 16.0 Å². The Hall–Kier alpha value is -0.790. The van der Waals surface area contributed by atoms with Crippen LogP contribution in [-0.2, 0) is 4.74 Å². The van der Waals surface area contributed by atoms with Crippen LogP contribution >= 0.6 is 11.8 Å². The second-order valence-corrected chi connectivity index (χ2v) is 6.70. The second-order valence-electron chi connectivity index (χ2n) is 5.87. The van der Waals surface area contributed by atoms with E-state index in [1.807, 2.05) is 18.2 Å². The minimum absolute atomic E-state index is 0.327. The molecule has 1 rings (SSSR count). The third-order valence-corrected chi connectivity index (χ3v) is 4.75. The molecule has 1 aliphatic heterocycles. The van der Waals surface area contributed by atoms with Gasteiger partial charge in [-0.3, -0.25) is 10.1 Å². The average Bonchev–Trinajstić information content (AvgIpc) is 2.80. The normalized spacial score (nSPS) is 24.4. The fourth-order valence-electron chi connectivity index (χ4n) is 2.64. The van der Waals surface area contributed by atoms with Crippen LogP contribution in [-0.4, -0.2) is 66.9 Å². The highest BCUT2D eigenvalue weighted by atomic mass is 32.2. The molecule has 1 fully saturated rings. The van der Waals surface area contributed by atoms with Crippen LogP contribution in [0.2, 0.25) is 0 Å². The molecule has 6 nitrogen and oxygen atoms in total.